The molecule has 0 bridgehead atoms. The maximum atomic E-state index is 12.5. The minimum Gasteiger partial charge on any atom is -0.368 e. The van der Waals surface area contributed by atoms with Crippen LogP contribution in [0.4, 0.5) is 10.5 Å². The number of urea groups is 1. The summed E-state index contributed by atoms with van der Waals surface area (Å²) in [5.74, 6) is -0.855. The molecule has 1 aliphatic carbocycles. The van der Waals surface area contributed by atoms with Gasteiger partial charge in [-0.2, -0.15) is 0 Å². The van der Waals surface area contributed by atoms with Crippen molar-refractivity contribution in [1.29, 1.82) is 0 Å². The predicted octanol–water partition coefficient (Wildman–Crippen LogP) is 0.873. The average Bonchev–Trinajstić information content (AvgIpc) is 3.04. The number of benzene rings is 1. The van der Waals surface area contributed by atoms with E-state index >= 15 is 0 Å². The minimum absolute atomic E-state index is 0.0329. The van der Waals surface area contributed by atoms with E-state index in [4.69, 9.17) is 11.6 Å². The van der Waals surface area contributed by atoms with Crippen LogP contribution in [0.5, 0.6) is 0 Å². The molecule has 1 aromatic rings. The summed E-state index contributed by atoms with van der Waals surface area (Å²) in [5.41, 5.74) is 0.155. The lowest BCUT2D eigenvalue weighted by Gasteiger charge is -2.36. The van der Waals surface area contributed by atoms with Gasteiger partial charge in [0, 0.05) is 42.8 Å². The number of halogens is 1. The first kappa shape index (κ1) is 21.4. The molecule has 9 nitrogen and oxygen atoms in total. The van der Waals surface area contributed by atoms with Crippen LogP contribution in [0.2, 0.25) is 5.02 Å². The van der Waals surface area contributed by atoms with E-state index < -0.39 is 11.6 Å². The molecule has 3 N–H and O–H groups in total. The van der Waals surface area contributed by atoms with Gasteiger partial charge in [0.05, 0.1) is 6.54 Å². The van der Waals surface area contributed by atoms with Crippen LogP contribution < -0.4 is 20.9 Å². The van der Waals surface area contributed by atoms with Crippen molar-refractivity contribution in [2.45, 2.75) is 31.2 Å². The summed E-state index contributed by atoms with van der Waals surface area (Å²) in [6.45, 7) is 2.55. The van der Waals surface area contributed by atoms with Crippen LogP contribution in [0.25, 0.3) is 0 Å². The third-order valence-corrected chi connectivity index (χ3v) is 6.68. The summed E-state index contributed by atoms with van der Waals surface area (Å²) in [4.78, 5) is 52.4. The predicted molar refractivity (Wildman–Crippen MR) is 115 cm³/mol. The number of carbonyl (C=O) groups excluding carboxylic acids is 4. The van der Waals surface area contributed by atoms with Gasteiger partial charge in [-0.05, 0) is 43.9 Å². The first-order chi connectivity index (χ1) is 14.9. The van der Waals surface area contributed by atoms with Crippen molar-refractivity contribution in [3.8, 4) is 0 Å². The number of amides is 5. The summed E-state index contributed by atoms with van der Waals surface area (Å²) < 4.78 is 0. The topological polar surface area (TPSA) is 111 Å². The van der Waals surface area contributed by atoms with Crippen LogP contribution in [-0.2, 0) is 14.4 Å². The lowest BCUT2D eigenvalue weighted by molar-refractivity contribution is -0.135. The largest absolute Gasteiger partial charge is 0.368 e. The Bertz CT molecular complexity index is 892. The van der Waals surface area contributed by atoms with E-state index in [-0.39, 0.29) is 30.2 Å². The van der Waals surface area contributed by atoms with Crippen molar-refractivity contribution in [2.75, 3.05) is 37.6 Å². The first-order valence-electron chi connectivity index (χ1n) is 10.6. The summed E-state index contributed by atoms with van der Waals surface area (Å²) in [5, 5.41) is 8.38. The molecule has 3 fully saturated rings. The molecule has 1 aromatic carbocycles. The Labute approximate surface area is 185 Å². The number of hydrogen-bond acceptors (Lipinski definition) is 5. The average molecular weight is 448 g/mol. The van der Waals surface area contributed by atoms with Gasteiger partial charge in [-0.25, -0.2) is 4.79 Å². The molecule has 2 aliphatic heterocycles. The third kappa shape index (κ3) is 4.61. The quantitative estimate of drug-likeness (QED) is 0.593. The molecule has 1 saturated carbocycles. The molecule has 0 radical (unpaired) electrons. The lowest BCUT2D eigenvalue weighted by atomic mass is 9.76. The lowest BCUT2D eigenvalue weighted by Crippen LogP contribution is -2.53. The SMILES string of the molecule is O=C1NC(=O)C2(CCC(C(=O)NCC(=O)N3CCN(c4cccc(Cl)c4)CC3)CC2)N1. The van der Waals surface area contributed by atoms with Gasteiger partial charge in [0.1, 0.15) is 5.54 Å². The van der Waals surface area contributed by atoms with Crippen molar-refractivity contribution in [1.82, 2.24) is 20.9 Å². The molecule has 31 heavy (non-hydrogen) atoms. The Hall–Kier alpha value is -2.81. The standard InChI is InChI=1S/C21H26ClN5O4/c22-15-2-1-3-16(12-15)26-8-10-27(11-9-26)17(28)13-23-18(29)14-4-6-21(7-5-14)19(30)24-20(31)25-21/h1-3,12,14H,4-11,13H2,(H,23,29)(H2,24,25,30,31). The fourth-order valence-corrected chi connectivity index (χ4v) is 4.74. The Kier molecular flexibility index (Phi) is 6.04. The monoisotopic (exact) mass is 447 g/mol. The Morgan fingerprint density at radius 2 is 1.84 bits per heavy atom. The minimum atomic E-state index is -0.883. The van der Waals surface area contributed by atoms with Crippen molar-refractivity contribution >= 4 is 41.0 Å². The van der Waals surface area contributed by atoms with Crippen LogP contribution in [0.3, 0.4) is 0 Å². The number of hydrogen-bond donors (Lipinski definition) is 3. The van der Waals surface area contributed by atoms with Gasteiger partial charge < -0.3 is 20.4 Å². The zero-order valence-electron chi connectivity index (χ0n) is 17.2. The van der Waals surface area contributed by atoms with Crippen molar-refractivity contribution < 1.29 is 19.2 Å². The molecule has 0 unspecified atom stereocenters. The second-order valence-corrected chi connectivity index (χ2v) is 8.77. The molecule has 4 rings (SSSR count). The fraction of sp³-hybridized carbons (Fsp3) is 0.524. The highest BCUT2D eigenvalue weighted by Gasteiger charge is 2.48. The summed E-state index contributed by atoms with van der Waals surface area (Å²) in [6.07, 6.45) is 1.82. The number of imide groups is 1. The van der Waals surface area contributed by atoms with Gasteiger partial charge >= 0.3 is 6.03 Å². The third-order valence-electron chi connectivity index (χ3n) is 6.44. The molecule has 1 spiro atoms. The smallest absolute Gasteiger partial charge is 0.322 e. The molecule has 0 aromatic heterocycles. The maximum Gasteiger partial charge on any atom is 0.322 e. The highest BCUT2D eigenvalue weighted by atomic mass is 35.5. The Morgan fingerprint density at radius 3 is 2.45 bits per heavy atom. The number of piperazine rings is 1. The molecule has 3 aliphatic rings. The van der Waals surface area contributed by atoms with E-state index in [9.17, 15) is 19.2 Å². The summed E-state index contributed by atoms with van der Waals surface area (Å²) in [7, 11) is 0. The van der Waals surface area contributed by atoms with E-state index in [1.165, 1.54) is 0 Å². The van der Waals surface area contributed by atoms with E-state index in [0.717, 1.165) is 5.69 Å². The second-order valence-electron chi connectivity index (χ2n) is 8.33. The fourth-order valence-electron chi connectivity index (χ4n) is 4.56. The molecular formula is C21H26ClN5O4. The molecule has 10 heteroatoms. The normalized spacial score (nSPS) is 25.9. The van der Waals surface area contributed by atoms with Crippen LogP contribution in [0.15, 0.2) is 24.3 Å². The zero-order valence-corrected chi connectivity index (χ0v) is 17.9. The van der Waals surface area contributed by atoms with Gasteiger partial charge in [-0.3, -0.25) is 19.7 Å². The van der Waals surface area contributed by atoms with Crippen molar-refractivity contribution in [2.24, 2.45) is 5.92 Å². The second kappa shape index (κ2) is 8.74. The number of anilines is 1. The van der Waals surface area contributed by atoms with Crippen molar-refractivity contribution in [3.63, 3.8) is 0 Å². The molecule has 2 heterocycles. The van der Waals surface area contributed by atoms with Gasteiger partial charge in [-0.15, -0.1) is 0 Å². The van der Waals surface area contributed by atoms with E-state index in [1.54, 1.807) is 4.90 Å². The molecular weight excluding hydrogens is 422 g/mol. The van der Waals surface area contributed by atoms with Gasteiger partial charge in [0.25, 0.3) is 5.91 Å². The first-order valence-corrected chi connectivity index (χ1v) is 10.9. The van der Waals surface area contributed by atoms with E-state index in [1.807, 2.05) is 24.3 Å². The molecule has 2 saturated heterocycles. The van der Waals surface area contributed by atoms with Crippen LogP contribution in [0.1, 0.15) is 25.7 Å². The van der Waals surface area contributed by atoms with Crippen LogP contribution in [-0.4, -0.2) is 66.9 Å². The van der Waals surface area contributed by atoms with E-state index in [0.29, 0.717) is 56.9 Å². The van der Waals surface area contributed by atoms with Gasteiger partial charge in [0.15, 0.2) is 0 Å². The summed E-state index contributed by atoms with van der Waals surface area (Å²) >= 11 is 6.06. The summed E-state index contributed by atoms with van der Waals surface area (Å²) in [6, 6.07) is 7.17. The van der Waals surface area contributed by atoms with Crippen LogP contribution >= 0.6 is 11.6 Å². The molecule has 5 amide bonds. The maximum absolute atomic E-state index is 12.5. The van der Waals surface area contributed by atoms with Gasteiger partial charge in [-0.1, -0.05) is 17.7 Å². The highest BCUT2D eigenvalue weighted by Crippen LogP contribution is 2.34. The highest BCUT2D eigenvalue weighted by molar-refractivity contribution is 6.30. The number of nitrogens with zero attached hydrogens (tertiary/aromatic N) is 2. The number of carbonyl (C=O) groups is 4. The van der Waals surface area contributed by atoms with E-state index in [2.05, 4.69) is 20.9 Å². The van der Waals surface area contributed by atoms with Gasteiger partial charge in [0.2, 0.25) is 11.8 Å². The van der Waals surface area contributed by atoms with Crippen LogP contribution in [0, 0.1) is 5.92 Å². The Morgan fingerprint density at radius 1 is 1.13 bits per heavy atom. The molecule has 0 atom stereocenters. The zero-order chi connectivity index (χ0) is 22.0. The number of nitrogens with one attached hydrogen (secondary N) is 3. The Balaban J connectivity index is 1.20. The van der Waals surface area contributed by atoms with Crippen molar-refractivity contribution in [3.05, 3.63) is 29.3 Å². The molecule has 166 valence electrons. The number of rotatable bonds is 4.